The second-order valence-electron chi connectivity index (χ2n) is 4.44. The highest BCUT2D eigenvalue weighted by Crippen LogP contribution is 2.25. The SMILES string of the molecule is COc1ccc(C(=O)[C@H](C)Oc2cccnc2[N+](=O)[O-])cc1. The molecule has 0 aliphatic heterocycles. The predicted octanol–water partition coefficient (Wildman–Crippen LogP) is 2.65. The van der Waals surface area contributed by atoms with Crippen LogP contribution >= 0.6 is 0 Å². The van der Waals surface area contributed by atoms with E-state index in [2.05, 4.69) is 4.98 Å². The van der Waals surface area contributed by atoms with E-state index < -0.39 is 16.8 Å². The predicted molar refractivity (Wildman–Crippen MR) is 78.3 cm³/mol. The molecule has 0 fully saturated rings. The summed E-state index contributed by atoms with van der Waals surface area (Å²) >= 11 is 0. The van der Waals surface area contributed by atoms with Crippen molar-refractivity contribution in [3.05, 3.63) is 58.3 Å². The van der Waals surface area contributed by atoms with E-state index in [9.17, 15) is 14.9 Å². The molecule has 114 valence electrons. The first kappa shape index (κ1) is 15.4. The smallest absolute Gasteiger partial charge is 0.406 e. The van der Waals surface area contributed by atoms with Crippen LogP contribution in [0.15, 0.2) is 42.6 Å². The van der Waals surface area contributed by atoms with Gasteiger partial charge in [-0.3, -0.25) is 4.79 Å². The van der Waals surface area contributed by atoms with Crippen LogP contribution in [0.4, 0.5) is 5.82 Å². The first-order valence-electron chi connectivity index (χ1n) is 6.47. The van der Waals surface area contributed by atoms with Gasteiger partial charge in [0.2, 0.25) is 11.5 Å². The zero-order chi connectivity index (χ0) is 16.1. The van der Waals surface area contributed by atoms with Gasteiger partial charge in [0, 0.05) is 5.56 Å². The van der Waals surface area contributed by atoms with Crippen LogP contribution in [-0.2, 0) is 0 Å². The van der Waals surface area contributed by atoms with Crippen molar-refractivity contribution >= 4 is 11.6 Å². The minimum Gasteiger partial charge on any atom is -0.497 e. The average molecular weight is 302 g/mol. The number of aromatic nitrogens is 1. The second-order valence-corrected chi connectivity index (χ2v) is 4.44. The molecule has 7 nitrogen and oxygen atoms in total. The summed E-state index contributed by atoms with van der Waals surface area (Å²) < 4.78 is 10.4. The van der Waals surface area contributed by atoms with Gasteiger partial charge in [-0.15, -0.1) is 0 Å². The topological polar surface area (TPSA) is 91.6 Å². The number of carbonyl (C=O) groups excluding carboxylic acids is 1. The third kappa shape index (κ3) is 3.38. The highest BCUT2D eigenvalue weighted by atomic mass is 16.6. The quantitative estimate of drug-likeness (QED) is 0.463. The molecule has 2 aromatic rings. The minimum absolute atomic E-state index is 0.0399. The number of rotatable bonds is 6. The van der Waals surface area contributed by atoms with E-state index in [-0.39, 0.29) is 11.5 Å². The molecule has 0 amide bonds. The molecule has 0 aliphatic rings. The zero-order valence-electron chi connectivity index (χ0n) is 12.1. The maximum absolute atomic E-state index is 12.3. The van der Waals surface area contributed by atoms with Crippen molar-refractivity contribution < 1.29 is 19.2 Å². The third-order valence-corrected chi connectivity index (χ3v) is 2.97. The van der Waals surface area contributed by atoms with Gasteiger partial charge in [0.05, 0.1) is 7.11 Å². The summed E-state index contributed by atoms with van der Waals surface area (Å²) in [5.74, 6) is -0.118. The van der Waals surface area contributed by atoms with E-state index >= 15 is 0 Å². The molecule has 1 aromatic heterocycles. The molecule has 0 aliphatic carbocycles. The fourth-order valence-corrected chi connectivity index (χ4v) is 1.85. The number of carbonyl (C=O) groups is 1. The molecular formula is C15H14N2O5. The van der Waals surface area contributed by atoms with E-state index in [0.29, 0.717) is 11.3 Å². The Morgan fingerprint density at radius 2 is 1.95 bits per heavy atom. The number of benzene rings is 1. The van der Waals surface area contributed by atoms with Gasteiger partial charge in [-0.2, -0.15) is 0 Å². The van der Waals surface area contributed by atoms with Crippen molar-refractivity contribution in [1.29, 1.82) is 0 Å². The number of ether oxygens (including phenoxy) is 2. The summed E-state index contributed by atoms with van der Waals surface area (Å²) in [5.41, 5.74) is 0.430. The van der Waals surface area contributed by atoms with Gasteiger partial charge in [-0.1, -0.05) is 0 Å². The lowest BCUT2D eigenvalue weighted by molar-refractivity contribution is -0.390. The minimum atomic E-state index is -0.878. The molecular weight excluding hydrogens is 288 g/mol. The maximum atomic E-state index is 12.3. The van der Waals surface area contributed by atoms with Gasteiger partial charge in [0.15, 0.2) is 6.10 Å². The Kier molecular flexibility index (Phi) is 4.67. The first-order chi connectivity index (χ1) is 10.5. The molecule has 7 heteroatoms. The highest BCUT2D eigenvalue weighted by molar-refractivity contribution is 5.99. The summed E-state index contributed by atoms with van der Waals surface area (Å²) in [6, 6.07) is 9.45. The van der Waals surface area contributed by atoms with Crippen molar-refractivity contribution in [2.75, 3.05) is 7.11 Å². The van der Waals surface area contributed by atoms with E-state index in [1.165, 1.54) is 32.4 Å². The lowest BCUT2D eigenvalue weighted by atomic mass is 10.1. The Bertz CT molecular complexity index is 685. The zero-order valence-corrected chi connectivity index (χ0v) is 12.1. The Balaban J connectivity index is 2.16. The van der Waals surface area contributed by atoms with Crippen LogP contribution in [0.3, 0.4) is 0 Å². The number of ketones is 1. The van der Waals surface area contributed by atoms with Crippen molar-refractivity contribution in [1.82, 2.24) is 4.98 Å². The van der Waals surface area contributed by atoms with Gasteiger partial charge >= 0.3 is 5.82 Å². The number of Topliss-reactive ketones (excluding diaryl/α,β-unsaturated/α-hetero) is 1. The van der Waals surface area contributed by atoms with Crippen LogP contribution in [0, 0.1) is 10.1 Å². The van der Waals surface area contributed by atoms with E-state index in [4.69, 9.17) is 9.47 Å². The number of nitro groups is 1. The van der Waals surface area contributed by atoms with Crippen LogP contribution in [0.2, 0.25) is 0 Å². The second kappa shape index (κ2) is 6.66. The Morgan fingerprint density at radius 3 is 2.55 bits per heavy atom. The largest absolute Gasteiger partial charge is 0.497 e. The molecule has 0 bridgehead atoms. The average Bonchev–Trinajstić information content (AvgIpc) is 2.54. The van der Waals surface area contributed by atoms with Gasteiger partial charge in [-0.05, 0) is 53.2 Å². The summed E-state index contributed by atoms with van der Waals surface area (Å²) in [7, 11) is 1.53. The molecule has 1 heterocycles. The molecule has 2 rings (SSSR count). The summed E-state index contributed by atoms with van der Waals surface area (Å²) in [6.07, 6.45) is 0.414. The van der Waals surface area contributed by atoms with Gasteiger partial charge in [0.1, 0.15) is 11.9 Å². The fraction of sp³-hybridized carbons (Fsp3) is 0.200. The van der Waals surface area contributed by atoms with Crippen molar-refractivity contribution in [3.63, 3.8) is 0 Å². The molecule has 0 radical (unpaired) electrons. The normalized spacial score (nSPS) is 11.5. The van der Waals surface area contributed by atoms with Gasteiger partial charge in [0.25, 0.3) is 0 Å². The van der Waals surface area contributed by atoms with Crippen LogP contribution in [0.5, 0.6) is 11.5 Å². The third-order valence-electron chi connectivity index (χ3n) is 2.97. The summed E-state index contributed by atoms with van der Waals surface area (Å²) in [5, 5.41) is 10.9. The van der Waals surface area contributed by atoms with Crippen molar-refractivity contribution in [3.8, 4) is 11.5 Å². The molecule has 22 heavy (non-hydrogen) atoms. The standard InChI is InChI=1S/C15H14N2O5/c1-10(14(18)11-5-7-12(21-2)8-6-11)22-13-4-3-9-16-15(13)17(19)20/h3-10H,1-2H3/t10-/m0/s1. The number of methoxy groups -OCH3 is 1. The lowest BCUT2D eigenvalue weighted by Crippen LogP contribution is -2.24. The van der Waals surface area contributed by atoms with Gasteiger partial charge in [-0.25, -0.2) is 0 Å². The molecule has 1 aromatic carbocycles. The van der Waals surface area contributed by atoms with Crippen molar-refractivity contribution in [2.24, 2.45) is 0 Å². The van der Waals surface area contributed by atoms with E-state index in [1.807, 2.05) is 0 Å². The number of hydrogen-bond donors (Lipinski definition) is 0. The lowest BCUT2D eigenvalue weighted by Gasteiger charge is -2.13. The molecule has 0 unspecified atom stereocenters. The monoisotopic (exact) mass is 302 g/mol. The van der Waals surface area contributed by atoms with Crippen molar-refractivity contribution in [2.45, 2.75) is 13.0 Å². The Hall–Kier alpha value is -2.96. The number of hydrogen-bond acceptors (Lipinski definition) is 6. The van der Waals surface area contributed by atoms with Crippen LogP contribution < -0.4 is 9.47 Å². The first-order valence-corrected chi connectivity index (χ1v) is 6.47. The van der Waals surface area contributed by atoms with Crippen LogP contribution in [-0.4, -0.2) is 28.9 Å². The molecule has 0 spiro atoms. The number of pyridine rings is 1. The number of nitrogens with zero attached hydrogens (tertiary/aromatic N) is 2. The Morgan fingerprint density at radius 1 is 1.27 bits per heavy atom. The summed E-state index contributed by atoms with van der Waals surface area (Å²) in [6.45, 7) is 1.53. The van der Waals surface area contributed by atoms with Gasteiger partial charge < -0.3 is 19.6 Å². The fourth-order valence-electron chi connectivity index (χ4n) is 1.85. The molecule has 0 N–H and O–H groups in total. The maximum Gasteiger partial charge on any atom is 0.406 e. The summed E-state index contributed by atoms with van der Waals surface area (Å²) in [4.78, 5) is 26.1. The van der Waals surface area contributed by atoms with Crippen LogP contribution in [0.1, 0.15) is 17.3 Å². The Labute approximate surface area is 126 Å². The molecule has 1 atom stereocenters. The van der Waals surface area contributed by atoms with Crippen LogP contribution in [0.25, 0.3) is 0 Å². The molecule has 0 saturated carbocycles. The highest BCUT2D eigenvalue weighted by Gasteiger charge is 2.22. The van der Waals surface area contributed by atoms with E-state index in [1.54, 1.807) is 24.3 Å². The molecule has 0 saturated heterocycles. The van der Waals surface area contributed by atoms with E-state index in [0.717, 1.165) is 0 Å².